The molecule has 1 aromatic heterocycles. The van der Waals surface area contributed by atoms with E-state index in [-0.39, 0.29) is 0 Å². The summed E-state index contributed by atoms with van der Waals surface area (Å²) in [6.07, 6.45) is 0. The third-order valence-corrected chi connectivity index (χ3v) is 2.85. The minimum Gasteiger partial charge on any atom is -0.497 e. The highest BCUT2D eigenvalue weighted by molar-refractivity contribution is 5.90. The van der Waals surface area contributed by atoms with Gasteiger partial charge in [-0.2, -0.15) is 0 Å². The third kappa shape index (κ3) is 1.59. The number of hydrogen-bond acceptors (Lipinski definition) is 3. The molecule has 0 saturated heterocycles. The number of hydrogen-bond donors (Lipinski definition) is 0. The lowest BCUT2D eigenvalue weighted by molar-refractivity contribution is -0.779. The van der Waals surface area contributed by atoms with Crippen molar-refractivity contribution in [3.63, 3.8) is 0 Å². The highest BCUT2D eigenvalue weighted by atomic mass is 16.7. The van der Waals surface area contributed by atoms with Gasteiger partial charge in [0, 0.05) is 6.07 Å². The predicted molar refractivity (Wildman–Crippen MR) is 67.2 cm³/mol. The molecule has 1 heterocycles. The van der Waals surface area contributed by atoms with Crippen molar-refractivity contribution in [1.29, 1.82) is 0 Å². The van der Waals surface area contributed by atoms with Crippen molar-refractivity contribution in [1.82, 2.24) is 0 Å². The van der Waals surface area contributed by atoms with Crippen LogP contribution in [0.2, 0.25) is 0 Å². The van der Waals surface area contributed by atoms with Crippen LogP contribution in [-0.4, -0.2) is 7.11 Å². The van der Waals surface area contributed by atoms with E-state index < -0.39 is 0 Å². The summed E-state index contributed by atoms with van der Waals surface area (Å²) < 4.78 is 10.3. The molecule has 0 spiro atoms. The van der Waals surface area contributed by atoms with E-state index in [1.807, 2.05) is 42.5 Å². The van der Waals surface area contributed by atoms with Gasteiger partial charge >= 0.3 is 0 Å². The SMILES string of the molecule is COc1ccc2c(-c3ccccc3)[n+]([O-])oc2c1. The fourth-order valence-corrected chi connectivity index (χ4v) is 1.99. The molecule has 2 aromatic carbocycles. The Hall–Kier alpha value is -2.49. The summed E-state index contributed by atoms with van der Waals surface area (Å²) in [6.45, 7) is 0. The van der Waals surface area contributed by atoms with E-state index in [4.69, 9.17) is 9.26 Å². The van der Waals surface area contributed by atoms with E-state index >= 15 is 0 Å². The molecule has 0 aliphatic rings. The van der Waals surface area contributed by atoms with Gasteiger partial charge in [0.2, 0.25) is 0 Å². The lowest BCUT2D eigenvalue weighted by Gasteiger charge is -1.97. The normalized spacial score (nSPS) is 10.7. The maximum absolute atomic E-state index is 11.8. The summed E-state index contributed by atoms with van der Waals surface area (Å²) >= 11 is 0. The van der Waals surface area contributed by atoms with Crippen LogP contribution >= 0.6 is 0 Å². The molecule has 90 valence electrons. The average molecular weight is 241 g/mol. The Labute approximate surface area is 104 Å². The van der Waals surface area contributed by atoms with Crippen LogP contribution in [-0.2, 0) is 0 Å². The van der Waals surface area contributed by atoms with Gasteiger partial charge in [0.05, 0.1) is 28.5 Å². The number of ether oxygens (including phenoxy) is 1. The molecule has 0 unspecified atom stereocenters. The van der Waals surface area contributed by atoms with Crippen molar-refractivity contribution in [2.24, 2.45) is 0 Å². The van der Waals surface area contributed by atoms with Gasteiger partial charge in [0.25, 0.3) is 5.69 Å². The molecule has 0 radical (unpaired) electrons. The van der Waals surface area contributed by atoms with Crippen LogP contribution in [0.4, 0.5) is 0 Å². The second kappa shape index (κ2) is 4.07. The molecule has 18 heavy (non-hydrogen) atoms. The first-order chi connectivity index (χ1) is 8.79. The van der Waals surface area contributed by atoms with Gasteiger partial charge < -0.3 is 9.26 Å². The minimum absolute atomic E-state index is 0.517. The third-order valence-electron chi connectivity index (χ3n) is 2.85. The van der Waals surface area contributed by atoms with Crippen LogP contribution in [0.1, 0.15) is 0 Å². The summed E-state index contributed by atoms with van der Waals surface area (Å²) in [6, 6.07) is 14.8. The zero-order valence-corrected chi connectivity index (χ0v) is 9.79. The zero-order chi connectivity index (χ0) is 12.5. The Morgan fingerprint density at radius 2 is 1.89 bits per heavy atom. The molecule has 3 aromatic rings. The standard InChI is InChI=1S/C14H11NO3/c1-17-11-7-8-12-13(9-11)18-15(16)14(12)10-5-3-2-4-6-10/h2-9H,1H3. The smallest absolute Gasteiger partial charge is 0.284 e. The van der Waals surface area contributed by atoms with Crippen molar-refractivity contribution in [2.75, 3.05) is 7.11 Å². The molecule has 0 atom stereocenters. The van der Waals surface area contributed by atoms with Crippen LogP contribution in [0, 0.1) is 5.21 Å². The molecular formula is C14H11NO3. The highest BCUT2D eigenvalue weighted by Gasteiger charge is 2.18. The molecule has 0 aliphatic heterocycles. The zero-order valence-electron chi connectivity index (χ0n) is 9.79. The number of methoxy groups -OCH3 is 1. The van der Waals surface area contributed by atoms with Gasteiger partial charge in [-0.25, -0.2) is 0 Å². The first-order valence-corrected chi connectivity index (χ1v) is 5.55. The number of nitrogens with zero attached hydrogens (tertiary/aromatic N) is 1. The fraction of sp³-hybridized carbons (Fsp3) is 0.0714. The Morgan fingerprint density at radius 3 is 2.61 bits per heavy atom. The van der Waals surface area contributed by atoms with Crippen LogP contribution in [0.15, 0.2) is 53.1 Å². The predicted octanol–water partition coefficient (Wildman–Crippen LogP) is 2.74. The molecule has 0 fully saturated rings. The molecule has 4 nitrogen and oxygen atoms in total. The quantitative estimate of drug-likeness (QED) is 0.648. The molecule has 0 bridgehead atoms. The first kappa shape index (κ1) is 10.7. The Balaban J connectivity index is 2.27. The van der Waals surface area contributed by atoms with Gasteiger partial charge in [-0.05, 0) is 24.3 Å². The van der Waals surface area contributed by atoms with E-state index in [1.54, 1.807) is 13.2 Å². The van der Waals surface area contributed by atoms with Crippen molar-refractivity contribution < 1.29 is 14.2 Å². The Morgan fingerprint density at radius 1 is 1.11 bits per heavy atom. The van der Waals surface area contributed by atoms with E-state index in [0.29, 0.717) is 21.9 Å². The number of rotatable bonds is 2. The Kier molecular flexibility index (Phi) is 2.41. The van der Waals surface area contributed by atoms with Crippen LogP contribution in [0.25, 0.3) is 22.2 Å². The van der Waals surface area contributed by atoms with Crippen molar-refractivity contribution in [3.05, 3.63) is 53.7 Å². The Bertz CT molecular complexity index is 689. The van der Waals surface area contributed by atoms with E-state index in [1.165, 1.54) is 0 Å². The molecule has 0 N–H and O–H groups in total. The van der Waals surface area contributed by atoms with Gasteiger partial charge in [0.15, 0.2) is 0 Å². The van der Waals surface area contributed by atoms with Crippen LogP contribution < -0.4 is 9.64 Å². The second-order valence-electron chi connectivity index (χ2n) is 3.93. The largest absolute Gasteiger partial charge is 0.497 e. The average Bonchev–Trinajstić information content (AvgIpc) is 2.74. The van der Waals surface area contributed by atoms with Crippen LogP contribution in [0.3, 0.4) is 0 Å². The van der Waals surface area contributed by atoms with Gasteiger partial charge in [-0.15, -0.1) is 0 Å². The molecular weight excluding hydrogens is 230 g/mol. The number of benzene rings is 2. The molecule has 0 amide bonds. The van der Waals surface area contributed by atoms with E-state index in [9.17, 15) is 5.21 Å². The fourth-order valence-electron chi connectivity index (χ4n) is 1.99. The summed E-state index contributed by atoms with van der Waals surface area (Å²) in [5.41, 5.74) is 1.87. The maximum Gasteiger partial charge on any atom is 0.284 e. The summed E-state index contributed by atoms with van der Waals surface area (Å²) in [7, 11) is 1.58. The molecule has 4 heteroatoms. The van der Waals surface area contributed by atoms with E-state index in [2.05, 4.69) is 0 Å². The number of fused-ring (bicyclic) bond motifs is 1. The maximum atomic E-state index is 11.8. The topological polar surface area (TPSA) is 49.3 Å². The van der Waals surface area contributed by atoms with Crippen molar-refractivity contribution >= 4 is 11.0 Å². The van der Waals surface area contributed by atoms with Gasteiger partial charge in [0.1, 0.15) is 5.75 Å². The molecule has 3 rings (SSSR count). The summed E-state index contributed by atoms with van der Waals surface area (Å²) in [5, 5.41) is 12.6. The van der Waals surface area contributed by atoms with Crippen molar-refractivity contribution in [2.45, 2.75) is 0 Å². The number of aromatic nitrogens is 1. The van der Waals surface area contributed by atoms with Crippen molar-refractivity contribution in [3.8, 4) is 17.0 Å². The minimum atomic E-state index is 0.517. The summed E-state index contributed by atoms with van der Waals surface area (Å²) in [4.78, 5) is 0.541. The van der Waals surface area contributed by atoms with Gasteiger partial charge in [-0.1, -0.05) is 18.2 Å². The lowest BCUT2D eigenvalue weighted by atomic mass is 10.1. The monoisotopic (exact) mass is 241 g/mol. The first-order valence-electron chi connectivity index (χ1n) is 5.55. The lowest BCUT2D eigenvalue weighted by Crippen LogP contribution is -2.24. The second-order valence-corrected chi connectivity index (χ2v) is 3.93. The summed E-state index contributed by atoms with van der Waals surface area (Å²) in [5.74, 6) is 0.663. The molecule has 0 saturated carbocycles. The van der Waals surface area contributed by atoms with E-state index in [0.717, 1.165) is 10.9 Å². The van der Waals surface area contributed by atoms with Crippen LogP contribution in [0.5, 0.6) is 5.75 Å². The molecule has 0 aliphatic carbocycles. The van der Waals surface area contributed by atoms with Gasteiger partial charge in [-0.3, -0.25) is 5.21 Å². The highest BCUT2D eigenvalue weighted by Crippen LogP contribution is 2.28.